The van der Waals surface area contributed by atoms with Crippen molar-refractivity contribution in [2.24, 2.45) is 0 Å². The van der Waals surface area contributed by atoms with Crippen molar-refractivity contribution in [1.29, 1.82) is 0 Å². The molecule has 0 bridgehead atoms. The number of aliphatic hydroxyl groups is 1. The van der Waals surface area contributed by atoms with Crippen LogP contribution in [0.25, 0.3) is 0 Å². The van der Waals surface area contributed by atoms with E-state index in [2.05, 4.69) is 21.2 Å². The van der Waals surface area contributed by atoms with Crippen molar-refractivity contribution in [3.63, 3.8) is 0 Å². The maximum Gasteiger partial charge on any atom is 0.251 e. The second kappa shape index (κ2) is 6.66. The summed E-state index contributed by atoms with van der Waals surface area (Å²) in [6, 6.07) is 7.22. The summed E-state index contributed by atoms with van der Waals surface area (Å²) in [5.41, 5.74) is 1.75. The largest absolute Gasteiger partial charge is 0.394 e. The Morgan fingerprint density at radius 3 is 2.50 bits per heavy atom. The number of nitrogens with one attached hydrogen (secondary N) is 1. The van der Waals surface area contributed by atoms with Gasteiger partial charge >= 0.3 is 0 Å². The van der Waals surface area contributed by atoms with Gasteiger partial charge in [-0.3, -0.25) is 4.79 Å². The van der Waals surface area contributed by atoms with E-state index >= 15 is 0 Å². The zero-order valence-electron chi connectivity index (χ0n) is 9.24. The molecule has 0 saturated heterocycles. The molecule has 1 rings (SSSR count). The Morgan fingerprint density at radius 1 is 1.44 bits per heavy atom. The van der Waals surface area contributed by atoms with Gasteiger partial charge in [0.15, 0.2) is 0 Å². The molecule has 3 nitrogen and oxygen atoms in total. The number of halogens is 1. The van der Waals surface area contributed by atoms with Crippen molar-refractivity contribution in [2.45, 2.75) is 24.7 Å². The summed E-state index contributed by atoms with van der Waals surface area (Å²) in [5.74, 6) is -0.137. The zero-order chi connectivity index (χ0) is 12.0. The molecule has 0 fully saturated rings. The highest BCUT2D eigenvalue weighted by Gasteiger charge is 2.10. The van der Waals surface area contributed by atoms with Gasteiger partial charge in [0.1, 0.15) is 0 Å². The van der Waals surface area contributed by atoms with Gasteiger partial charge in [-0.05, 0) is 24.1 Å². The lowest BCUT2D eigenvalue weighted by atomic mass is 10.1. The van der Waals surface area contributed by atoms with Gasteiger partial charge in [0.2, 0.25) is 0 Å². The van der Waals surface area contributed by atoms with Crippen LogP contribution in [0, 0.1) is 0 Å². The second-order valence-electron chi connectivity index (χ2n) is 3.59. The minimum atomic E-state index is -0.164. The molecule has 0 aliphatic carbocycles. The standard InChI is InChI=1S/C12H16BrNO2/c1-2-11(8-15)14-12(16)10-5-3-9(7-13)4-6-10/h3-6,11,15H,2,7-8H2,1H3,(H,14,16). The zero-order valence-corrected chi connectivity index (χ0v) is 10.8. The van der Waals surface area contributed by atoms with E-state index in [0.29, 0.717) is 5.56 Å². The Kier molecular flexibility index (Phi) is 5.49. The number of rotatable bonds is 5. The SMILES string of the molecule is CCC(CO)NC(=O)c1ccc(CBr)cc1. The number of carbonyl (C=O) groups excluding carboxylic acids is 1. The van der Waals surface area contributed by atoms with Crippen LogP contribution in [0.5, 0.6) is 0 Å². The Bertz CT molecular complexity index is 333. The van der Waals surface area contributed by atoms with Gasteiger partial charge in [0.25, 0.3) is 5.91 Å². The first-order valence-electron chi connectivity index (χ1n) is 5.27. The minimum absolute atomic E-state index is 0.0261. The number of hydrogen-bond acceptors (Lipinski definition) is 2. The molecule has 0 heterocycles. The molecule has 88 valence electrons. The van der Waals surface area contributed by atoms with E-state index in [4.69, 9.17) is 5.11 Å². The molecule has 0 radical (unpaired) electrons. The van der Waals surface area contributed by atoms with E-state index in [1.54, 1.807) is 12.1 Å². The summed E-state index contributed by atoms with van der Waals surface area (Å²) in [7, 11) is 0. The van der Waals surface area contributed by atoms with Crippen molar-refractivity contribution in [2.75, 3.05) is 6.61 Å². The van der Waals surface area contributed by atoms with Crippen LogP contribution >= 0.6 is 15.9 Å². The molecule has 0 aliphatic heterocycles. The van der Waals surface area contributed by atoms with Gasteiger partial charge in [-0.25, -0.2) is 0 Å². The third-order valence-corrected chi connectivity index (χ3v) is 3.07. The highest BCUT2D eigenvalue weighted by Crippen LogP contribution is 2.08. The normalized spacial score (nSPS) is 12.2. The lowest BCUT2D eigenvalue weighted by Gasteiger charge is -2.13. The second-order valence-corrected chi connectivity index (χ2v) is 4.15. The van der Waals surface area contributed by atoms with Gasteiger partial charge in [-0.2, -0.15) is 0 Å². The minimum Gasteiger partial charge on any atom is -0.394 e. The predicted octanol–water partition coefficient (Wildman–Crippen LogP) is 2.08. The quantitative estimate of drug-likeness (QED) is 0.814. The number of amides is 1. The maximum atomic E-state index is 11.7. The van der Waals surface area contributed by atoms with Crippen molar-refractivity contribution in [3.05, 3.63) is 35.4 Å². The number of benzene rings is 1. The van der Waals surface area contributed by atoms with E-state index in [-0.39, 0.29) is 18.6 Å². The fourth-order valence-corrected chi connectivity index (χ4v) is 1.66. The Labute approximate surface area is 104 Å². The van der Waals surface area contributed by atoms with E-state index < -0.39 is 0 Å². The third-order valence-electron chi connectivity index (χ3n) is 2.42. The van der Waals surface area contributed by atoms with Crippen molar-refractivity contribution < 1.29 is 9.90 Å². The van der Waals surface area contributed by atoms with Crippen molar-refractivity contribution in [3.8, 4) is 0 Å². The molecule has 0 spiro atoms. The lowest BCUT2D eigenvalue weighted by Crippen LogP contribution is -2.36. The van der Waals surface area contributed by atoms with Crippen LogP contribution < -0.4 is 5.32 Å². The fraction of sp³-hybridized carbons (Fsp3) is 0.417. The number of alkyl halides is 1. The van der Waals surface area contributed by atoms with Crippen LogP contribution in [0.4, 0.5) is 0 Å². The summed E-state index contributed by atoms with van der Waals surface area (Å²) in [6.45, 7) is 1.90. The van der Waals surface area contributed by atoms with Crippen LogP contribution in [0.2, 0.25) is 0 Å². The predicted molar refractivity (Wildman–Crippen MR) is 67.7 cm³/mol. The molecule has 16 heavy (non-hydrogen) atoms. The van der Waals surface area contributed by atoms with E-state index in [0.717, 1.165) is 17.3 Å². The summed E-state index contributed by atoms with van der Waals surface area (Å²) >= 11 is 3.35. The molecule has 1 atom stereocenters. The molecule has 1 amide bonds. The van der Waals surface area contributed by atoms with Gasteiger partial charge in [-0.15, -0.1) is 0 Å². The summed E-state index contributed by atoms with van der Waals surface area (Å²) in [4.78, 5) is 11.7. The molecule has 2 N–H and O–H groups in total. The van der Waals surface area contributed by atoms with Crippen LogP contribution in [0.3, 0.4) is 0 Å². The van der Waals surface area contributed by atoms with E-state index in [1.807, 2.05) is 19.1 Å². The Balaban J connectivity index is 2.65. The smallest absolute Gasteiger partial charge is 0.251 e. The van der Waals surface area contributed by atoms with Gasteiger partial charge in [0, 0.05) is 10.9 Å². The summed E-state index contributed by atoms with van der Waals surface area (Å²) in [6.07, 6.45) is 0.724. The van der Waals surface area contributed by atoms with Gasteiger partial charge in [0.05, 0.1) is 12.6 Å². The first-order valence-corrected chi connectivity index (χ1v) is 6.40. The van der Waals surface area contributed by atoms with Crippen molar-refractivity contribution >= 4 is 21.8 Å². The fourth-order valence-electron chi connectivity index (χ4n) is 1.29. The highest BCUT2D eigenvalue weighted by molar-refractivity contribution is 9.08. The molecule has 1 aromatic rings. The van der Waals surface area contributed by atoms with Gasteiger partial charge < -0.3 is 10.4 Å². The van der Waals surface area contributed by atoms with Gasteiger partial charge in [-0.1, -0.05) is 35.0 Å². The molecule has 4 heteroatoms. The third kappa shape index (κ3) is 3.61. The molecule has 0 aliphatic rings. The molecule has 1 unspecified atom stereocenters. The van der Waals surface area contributed by atoms with Crippen molar-refractivity contribution in [1.82, 2.24) is 5.32 Å². The van der Waals surface area contributed by atoms with Crippen LogP contribution in [0.15, 0.2) is 24.3 Å². The molecule has 0 saturated carbocycles. The topological polar surface area (TPSA) is 49.3 Å². The maximum absolute atomic E-state index is 11.7. The molecule has 1 aromatic carbocycles. The average Bonchev–Trinajstić information content (AvgIpc) is 2.35. The Morgan fingerprint density at radius 2 is 2.06 bits per heavy atom. The number of carbonyl (C=O) groups is 1. The number of aliphatic hydroxyl groups excluding tert-OH is 1. The monoisotopic (exact) mass is 285 g/mol. The first-order chi connectivity index (χ1) is 7.71. The van der Waals surface area contributed by atoms with Crippen LogP contribution in [0.1, 0.15) is 29.3 Å². The van der Waals surface area contributed by atoms with E-state index in [9.17, 15) is 4.79 Å². The lowest BCUT2D eigenvalue weighted by molar-refractivity contribution is 0.0915. The van der Waals surface area contributed by atoms with Crippen LogP contribution in [-0.4, -0.2) is 23.7 Å². The highest BCUT2D eigenvalue weighted by atomic mass is 79.9. The number of hydrogen-bond donors (Lipinski definition) is 2. The van der Waals surface area contributed by atoms with E-state index in [1.165, 1.54) is 0 Å². The molecular formula is C12H16BrNO2. The van der Waals surface area contributed by atoms with Crippen LogP contribution in [-0.2, 0) is 5.33 Å². The molecule has 0 aromatic heterocycles. The summed E-state index contributed by atoms with van der Waals surface area (Å²) < 4.78 is 0. The summed E-state index contributed by atoms with van der Waals surface area (Å²) in [5, 5.41) is 12.5. The Hall–Kier alpha value is -0.870. The first kappa shape index (κ1) is 13.2. The average molecular weight is 286 g/mol. The molecular weight excluding hydrogens is 270 g/mol.